The topological polar surface area (TPSA) is 26.3 Å². The van der Waals surface area contributed by atoms with Gasteiger partial charge in [-0.3, -0.25) is 0 Å². The van der Waals surface area contributed by atoms with E-state index >= 15 is 0 Å². The second kappa shape index (κ2) is 6.19. The summed E-state index contributed by atoms with van der Waals surface area (Å²) in [5.74, 6) is -1.19. The van der Waals surface area contributed by atoms with Crippen molar-refractivity contribution in [2.75, 3.05) is 0 Å². The molecular formula is C14H16ClFO2. The van der Waals surface area contributed by atoms with Gasteiger partial charge >= 0.3 is 5.97 Å². The molecule has 1 aromatic carbocycles. The zero-order valence-electron chi connectivity index (χ0n) is 10.1. The van der Waals surface area contributed by atoms with E-state index < -0.39 is 11.8 Å². The number of rotatable bonds is 2. The van der Waals surface area contributed by atoms with Crippen LogP contribution >= 0.6 is 11.6 Å². The molecule has 2 rings (SSSR count). The van der Waals surface area contributed by atoms with E-state index in [9.17, 15) is 9.18 Å². The molecule has 0 unspecified atom stereocenters. The molecule has 18 heavy (non-hydrogen) atoms. The third kappa shape index (κ3) is 3.45. The maximum Gasteiger partial charge on any atom is 0.341 e. The maximum absolute atomic E-state index is 13.5. The minimum Gasteiger partial charge on any atom is -0.459 e. The van der Waals surface area contributed by atoms with Crippen molar-refractivity contribution in [1.82, 2.24) is 0 Å². The van der Waals surface area contributed by atoms with E-state index in [0.29, 0.717) is 5.02 Å². The summed E-state index contributed by atoms with van der Waals surface area (Å²) >= 11 is 5.76. The van der Waals surface area contributed by atoms with E-state index in [0.717, 1.165) is 25.7 Å². The lowest BCUT2D eigenvalue weighted by molar-refractivity contribution is 0.0262. The highest BCUT2D eigenvalue weighted by molar-refractivity contribution is 6.30. The van der Waals surface area contributed by atoms with Crippen molar-refractivity contribution in [3.8, 4) is 0 Å². The van der Waals surface area contributed by atoms with E-state index in [2.05, 4.69) is 0 Å². The first-order valence-corrected chi connectivity index (χ1v) is 6.70. The van der Waals surface area contributed by atoms with Gasteiger partial charge in [-0.25, -0.2) is 9.18 Å². The Morgan fingerprint density at radius 2 is 1.89 bits per heavy atom. The molecule has 0 spiro atoms. The lowest BCUT2D eigenvalue weighted by Gasteiger charge is -2.15. The van der Waals surface area contributed by atoms with Gasteiger partial charge in [-0.2, -0.15) is 0 Å². The van der Waals surface area contributed by atoms with Crippen molar-refractivity contribution < 1.29 is 13.9 Å². The highest BCUT2D eigenvalue weighted by atomic mass is 35.5. The summed E-state index contributed by atoms with van der Waals surface area (Å²) < 4.78 is 18.9. The second-order valence-electron chi connectivity index (χ2n) is 4.64. The Kier molecular flexibility index (Phi) is 4.59. The van der Waals surface area contributed by atoms with Crippen LogP contribution in [0, 0.1) is 5.82 Å². The summed E-state index contributed by atoms with van der Waals surface area (Å²) in [5.41, 5.74) is -0.0771. The van der Waals surface area contributed by atoms with Gasteiger partial charge in [-0.05, 0) is 43.9 Å². The molecule has 0 N–H and O–H groups in total. The molecule has 98 valence electrons. The summed E-state index contributed by atoms with van der Waals surface area (Å²) in [6.45, 7) is 0. The van der Waals surface area contributed by atoms with Crippen molar-refractivity contribution >= 4 is 17.6 Å². The van der Waals surface area contributed by atoms with E-state index in [1.165, 1.54) is 31.0 Å². The van der Waals surface area contributed by atoms with E-state index in [4.69, 9.17) is 16.3 Å². The monoisotopic (exact) mass is 270 g/mol. The van der Waals surface area contributed by atoms with Gasteiger partial charge in [0.15, 0.2) is 0 Å². The molecule has 0 heterocycles. The number of ether oxygens (including phenoxy) is 1. The summed E-state index contributed by atoms with van der Waals surface area (Å²) in [6, 6.07) is 3.92. The van der Waals surface area contributed by atoms with Gasteiger partial charge in [0.2, 0.25) is 0 Å². The van der Waals surface area contributed by atoms with Crippen molar-refractivity contribution in [3.63, 3.8) is 0 Å². The van der Waals surface area contributed by atoms with Crippen LogP contribution in [-0.2, 0) is 4.74 Å². The minimum absolute atomic E-state index is 0.0771. The number of carbonyl (C=O) groups excluding carboxylic acids is 1. The fourth-order valence-electron chi connectivity index (χ4n) is 2.23. The lowest BCUT2D eigenvalue weighted by Crippen LogP contribution is -2.18. The third-order valence-corrected chi connectivity index (χ3v) is 3.46. The van der Waals surface area contributed by atoms with Crippen LogP contribution in [0.25, 0.3) is 0 Å². The van der Waals surface area contributed by atoms with Crippen LogP contribution in [0.1, 0.15) is 48.9 Å². The summed E-state index contributed by atoms with van der Waals surface area (Å²) in [6.07, 6.45) is 6.14. The van der Waals surface area contributed by atoms with Crippen LogP contribution in [-0.4, -0.2) is 12.1 Å². The zero-order chi connectivity index (χ0) is 13.0. The summed E-state index contributed by atoms with van der Waals surface area (Å²) in [7, 11) is 0. The van der Waals surface area contributed by atoms with Crippen LogP contribution in [0.2, 0.25) is 5.02 Å². The van der Waals surface area contributed by atoms with Crippen molar-refractivity contribution in [3.05, 3.63) is 34.6 Å². The van der Waals surface area contributed by atoms with Gasteiger partial charge in [0.1, 0.15) is 11.9 Å². The number of carbonyl (C=O) groups is 1. The normalized spacial score (nSPS) is 17.2. The van der Waals surface area contributed by atoms with Gasteiger partial charge < -0.3 is 4.74 Å². The van der Waals surface area contributed by atoms with E-state index in [1.54, 1.807) is 0 Å². The number of esters is 1. The maximum atomic E-state index is 13.5. The lowest BCUT2D eigenvalue weighted by atomic mass is 10.1. The van der Waals surface area contributed by atoms with Gasteiger partial charge in [0.25, 0.3) is 0 Å². The largest absolute Gasteiger partial charge is 0.459 e. The Morgan fingerprint density at radius 3 is 2.56 bits per heavy atom. The first-order valence-electron chi connectivity index (χ1n) is 6.33. The number of hydrogen-bond donors (Lipinski definition) is 0. The predicted molar refractivity (Wildman–Crippen MR) is 68.3 cm³/mol. The Labute approximate surface area is 111 Å². The highest BCUT2D eigenvalue weighted by Gasteiger charge is 2.20. The fourth-order valence-corrected chi connectivity index (χ4v) is 2.40. The minimum atomic E-state index is -0.609. The number of hydrogen-bond acceptors (Lipinski definition) is 2. The first kappa shape index (κ1) is 13.3. The van der Waals surface area contributed by atoms with E-state index in [1.807, 2.05) is 0 Å². The van der Waals surface area contributed by atoms with Gasteiger partial charge in [0.05, 0.1) is 5.56 Å². The van der Waals surface area contributed by atoms with Crippen molar-refractivity contribution in [2.45, 2.75) is 44.6 Å². The molecule has 0 aliphatic heterocycles. The Hall–Kier alpha value is -1.09. The Bertz CT molecular complexity index is 426. The van der Waals surface area contributed by atoms with Gasteiger partial charge in [-0.15, -0.1) is 0 Å². The number of halogens is 2. The molecule has 1 fully saturated rings. The molecule has 4 heteroatoms. The highest BCUT2D eigenvalue weighted by Crippen LogP contribution is 2.22. The molecule has 0 saturated heterocycles. The number of benzene rings is 1. The molecule has 0 amide bonds. The summed E-state index contributed by atoms with van der Waals surface area (Å²) in [5, 5.41) is 0.337. The standard InChI is InChI=1S/C14H16ClFO2/c15-10-7-8-13(16)12(9-10)14(17)18-11-5-3-1-2-4-6-11/h7-9,11H,1-6H2. The molecule has 1 aliphatic carbocycles. The molecular weight excluding hydrogens is 255 g/mol. The van der Waals surface area contributed by atoms with Gasteiger partial charge in [0, 0.05) is 5.02 Å². The second-order valence-corrected chi connectivity index (χ2v) is 5.08. The van der Waals surface area contributed by atoms with Crippen molar-refractivity contribution in [2.24, 2.45) is 0 Å². The molecule has 0 radical (unpaired) electrons. The van der Waals surface area contributed by atoms with Crippen LogP contribution in [0.5, 0.6) is 0 Å². The molecule has 2 nitrogen and oxygen atoms in total. The Balaban J connectivity index is 2.04. The van der Waals surface area contributed by atoms with Gasteiger partial charge in [-0.1, -0.05) is 24.4 Å². The molecule has 0 atom stereocenters. The molecule has 1 aliphatic rings. The smallest absolute Gasteiger partial charge is 0.341 e. The molecule has 1 saturated carbocycles. The fraction of sp³-hybridized carbons (Fsp3) is 0.500. The zero-order valence-corrected chi connectivity index (χ0v) is 10.9. The van der Waals surface area contributed by atoms with E-state index in [-0.39, 0.29) is 11.7 Å². The SMILES string of the molecule is O=C(OC1CCCCCC1)c1cc(Cl)ccc1F. The molecule has 0 bridgehead atoms. The third-order valence-electron chi connectivity index (χ3n) is 3.22. The average Bonchev–Trinajstić information content (AvgIpc) is 2.61. The van der Waals surface area contributed by atoms with Crippen LogP contribution < -0.4 is 0 Å². The quantitative estimate of drug-likeness (QED) is 0.590. The van der Waals surface area contributed by atoms with Crippen LogP contribution in [0.4, 0.5) is 4.39 Å². The van der Waals surface area contributed by atoms with Crippen LogP contribution in [0.3, 0.4) is 0 Å². The average molecular weight is 271 g/mol. The van der Waals surface area contributed by atoms with Crippen molar-refractivity contribution in [1.29, 1.82) is 0 Å². The van der Waals surface area contributed by atoms with Crippen LogP contribution in [0.15, 0.2) is 18.2 Å². The Morgan fingerprint density at radius 1 is 1.22 bits per heavy atom. The molecule has 0 aromatic heterocycles. The predicted octanol–water partition coefficient (Wildman–Crippen LogP) is 4.36. The summed E-state index contributed by atoms with van der Waals surface area (Å²) in [4.78, 5) is 11.9. The molecule has 1 aromatic rings. The first-order chi connectivity index (χ1) is 8.66.